The second-order valence-corrected chi connectivity index (χ2v) is 2.54. The van der Waals surface area contributed by atoms with Gasteiger partial charge in [-0.25, -0.2) is 9.59 Å². The fourth-order valence-electron chi connectivity index (χ4n) is 0.369. The van der Waals surface area contributed by atoms with E-state index < -0.39 is 11.9 Å². The van der Waals surface area contributed by atoms with Crippen molar-refractivity contribution in [2.45, 2.75) is 0 Å². The van der Waals surface area contributed by atoms with Crippen molar-refractivity contribution in [2.75, 3.05) is 19.3 Å². The molecule has 0 bridgehead atoms. The molecule has 4 nitrogen and oxygen atoms in total. The molecule has 0 aliphatic carbocycles. The van der Waals surface area contributed by atoms with Crippen LogP contribution in [-0.2, 0) is 19.1 Å². The molecule has 0 saturated carbocycles. The molecule has 0 aromatic heterocycles. The molecule has 0 heterocycles. The van der Waals surface area contributed by atoms with Crippen LogP contribution >= 0.6 is 11.8 Å². The van der Waals surface area contributed by atoms with Crippen LogP contribution in [0.1, 0.15) is 0 Å². The highest BCUT2D eigenvalue weighted by Gasteiger charge is 1.97. The lowest BCUT2D eigenvalue weighted by atomic mass is 10.5. The highest BCUT2D eigenvalue weighted by molar-refractivity contribution is 7.98. The first kappa shape index (κ1) is 11.0. The largest absolute Gasteiger partial charge is 0.466 e. The van der Waals surface area contributed by atoms with E-state index in [1.165, 1.54) is 18.9 Å². The van der Waals surface area contributed by atoms with Crippen LogP contribution in [0.25, 0.3) is 0 Å². The van der Waals surface area contributed by atoms with E-state index in [4.69, 9.17) is 0 Å². The third-order valence-corrected chi connectivity index (χ3v) is 1.23. The van der Waals surface area contributed by atoms with Gasteiger partial charge in [-0.15, -0.1) is 11.8 Å². The summed E-state index contributed by atoms with van der Waals surface area (Å²) in [5.41, 5.74) is 0. The van der Waals surface area contributed by atoms with E-state index >= 15 is 0 Å². The summed E-state index contributed by atoms with van der Waals surface area (Å²) >= 11 is 1.38. The lowest BCUT2D eigenvalue weighted by Crippen LogP contribution is -2.01. The van der Waals surface area contributed by atoms with Gasteiger partial charge in [-0.2, -0.15) is 0 Å². The Hall–Kier alpha value is -0.970. The Kier molecular flexibility index (Phi) is 6.18. The standard InChI is InChI=1S/C7H10O4S/c1-10-6(8)3-4-7(9)11-5-12-2/h3-4H,5H2,1-2H3. The monoisotopic (exact) mass is 190 g/mol. The van der Waals surface area contributed by atoms with Crippen molar-refractivity contribution in [1.29, 1.82) is 0 Å². The Morgan fingerprint density at radius 3 is 2.42 bits per heavy atom. The molecule has 68 valence electrons. The van der Waals surface area contributed by atoms with E-state index in [-0.39, 0.29) is 5.94 Å². The van der Waals surface area contributed by atoms with Gasteiger partial charge in [0, 0.05) is 12.2 Å². The quantitative estimate of drug-likeness (QED) is 0.368. The molecule has 0 unspecified atom stereocenters. The van der Waals surface area contributed by atoms with Gasteiger partial charge in [0.2, 0.25) is 0 Å². The van der Waals surface area contributed by atoms with Crippen molar-refractivity contribution < 1.29 is 19.1 Å². The van der Waals surface area contributed by atoms with Gasteiger partial charge in [-0.3, -0.25) is 0 Å². The number of carbonyl (C=O) groups is 2. The molecule has 0 N–H and O–H groups in total. The van der Waals surface area contributed by atoms with Crippen molar-refractivity contribution in [3.05, 3.63) is 12.2 Å². The highest BCUT2D eigenvalue weighted by Crippen LogP contribution is 1.93. The van der Waals surface area contributed by atoms with Gasteiger partial charge in [-0.1, -0.05) is 0 Å². The van der Waals surface area contributed by atoms with Crippen LogP contribution in [0.2, 0.25) is 0 Å². The molecular weight excluding hydrogens is 180 g/mol. The third kappa shape index (κ3) is 5.79. The number of ether oxygens (including phenoxy) is 2. The van der Waals surface area contributed by atoms with Gasteiger partial charge in [-0.05, 0) is 6.26 Å². The Morgan fingerprint density at radius 2 is 1.92 bits per heavy atom. The van der Waals surface area contributed by atoms with Crippen LogP contribution < -0.4 is 0 Å². The first-order valence-electron chi connectivity index (χ1n) is 3.12. The normalized spacial score (nSPS) is 9.83. The summed E-state index contributed by atoms with van der Waals surface area (Å²) in [6.45, 7) is 0. The first-order chi connectivity index (χ1) is 5.70. The van der Waals surface area contributed by atoms with Gasteiger partial charge >= 0.3 is 11.9 Å². The van der Waals surface area contributed by atoms with Crippen molar-refractivity contribution in [3.8, 4) is 0 Å². The molecule has 0 fully saturated rings. The molecule has 0 aliphatic rings. The molecule has 12 heavy (non-hydrogen) atoms. The Bertz CT molecular complexity index is 188. The van der Waals surface area contributed by atoms with Crippen LogP contribution in [0, 0.1) is 0 Å². The minimum Gasteiger partial charge on any atom is -0.466 e. The van der Waals surface area contributed by atoms with Crippen LogP contribution in [-0.4, -0.2) is 31.2 Å². The van der Waals surface area contributed by atoms with Crippen molar-refractivity contribution in [3.63, 3.8) is 0 Å². The zero-order chi connectivity index (χ0) is 9.40. The zero-order valence-electron chi connectivity index (χ0n) is 6.90. The average Bonchev–Trinajstić information content (AvgIpc) is 2.10. The van der Waals surface area contributed by atoms with Crippen LogP contribution in [0.4, 0.5) is 0 Å². The zero-order valence-corrected chi connectivity index (χ0v) is 7.72. The number of methoxy groups -OCH3 is 1. The molecule has 0 rings (SSSR count). The van der Waals surface area contributed by atoms with Crippen molar-refractivity contribution in [1.82, 2.24) is 0 Å². The topological polar surface area (TPSA) is 52.6 Å². The molecule has 0 radical (unpaired) electrons. The Morgan fingerprint density at radius 1 is 1.33 bits per heavy atom. The van der Waals surface area contributed by atoms with E-state index in [0.717, 1.165) is 12.2 Å². The third-order valence-electron chi connectivity index (χ3n) is 0.876. The van der Waals surface area contributed by atoms with E-state index in [1.807, 2.05) is 0 Å². The summed E-state index contributed by atoms with van der Waals surface area (Å²) in [6.07, 6.45) is 3.85. The maximum Gasteiger partial charge on any atom is 0.331 e. The molecular formula is C7H10O4S. The fraction of sp³-hybridized carbons (Fsp3) is 0.429. The number of esters is 2. The second kappa shape index (κ2) is 6.72. The van der Waals surface area contributed by atoms with E-state index in [2.05, 4.69) is 9.47 Å². The second-order valence-electron chi connectivity index (χ2n) is 1.73. The van der Waals surface area contributed by atoms with Gasteiger partial charge < -0.3 is 9.47 Å². The van der Waals surface area contributed by atoms with Crippen LogP contribution in [0.3, 0.4) is 0 Å². The van der Waals surface area contributed by atoms with Crippen molar-refractivity contribution >= 4 is 23.7 Å². The summed E-state index contributed by atoms with van der Waals surface area (Å²) in [5, 5.41) is 0. The lowest BCUT2D eigenvalue weighted by Gasteiger charge is -1.96. The number of hydrogen-bond acceptors (Lipinski definition) is 5. The SMILES string of the molecule is COC(=O)C=CC(=O)OCSC. The molecule has 0 spiro atoms. The number of carbonyl (C=O) groups excluding carboxylic acids is 2. The van der Waals surface area contributed by atoms with Crippen LogP contribution in [0.5, 0.6) is 0 Å². The average molecular weight is 190 g/mol. The highest BCUT2D eigenvalue weighted by atomic mass is 32.2. The minimum absolute atomic E-state index is 0.282. The summed E-state index contributed by atoms with van der Waals surface area (Å²) in [5.74, 6) is -0.837. The predicted molar refractivity (Wildman–Crippen MR) is 45.6 cm³/mol. The fourth-order valence-corrected chi connectivity index (χ4v) is 0.603. The van der Waals surface area contributed by atoms with E-state index in [1.54, 1.807) is 6.26 Å². The first-order valence-corrected chi connectivity index (χ1v) is 4.51. The number of thioether (sulfide) groups is 1. The van der Waals surface area contributed by atoms with Crippen LogP contribution in [0.15, 0.2) is 12.2 Å². The summed E-state index contributed by atoms with van der Waals surface area (Å²) in [6, 6.07) is 0. The molecule has 0 amide bonds. The molecule has 0 aromatic rings. The molecule has 0 atom stereocenters. The summed E-state index contributed by atoms with van der Waals surface area (Å²) < 4.78 is 8.88. The molecule has 0 saturated heterocycles. The smallest absolute Gasteiger partial charge is 0.331 e. The predicted octanol–water partition coefficient (Wildman–Crippen LogP) is 0.579. The summed E-state index contributed by atoms with van der Waals surface area (Å²) in [7, 11) is 1.24. The molecule has 5 heteroatoms. The van der Waals surface area contributed by atoms with Gasteiger partial charge in [0.15, 0.2) is 0 Å². The Balaban J connectivity index is 3.67. The minimum atomic E-state index is -0.573. The maximum absolute atomic E-state index is 10.7. The van der Waals surface area contributed by atoms with Gasteiger partial charge in [0.25, 0.3) is 0 Å². The van der Waals surface area contributed by atoms with Gasteiger partial charge in [0.1, 0.15) is 5.94 Å². The lowest BCUT2D eigenvalue weighted by molar-refractivity contribution is -0.137. The molecule has 0 aliphatic heterocycles. The van der Waals surface area contributed by atoms with E-state index in [0.29, 0.717) is 0 Å². The maximum atomic E-state index is 10.7. The summed E-state index contributed by atoms with van der Waals surface area (Å²) in [4.78, 5) is 21.2. The number of hydrogen-bond donors (Lipinski definition) is 0. The molecule has 0 aromatic carbocycles. The van der Waals surface area contributed by atoms with Crippen molar-refractivity contribution in [2.24, 2.45) is 0 Å². The van der Waals surface area contributed by atoms with Gasteiger partial charge in [0.05, 0.1) is 7.11 Å². The van der Waals surface area contributed by atoms with E-state index in [9.17, 15) is 9.59 Å². The number of rotatable bonds is 4. The Labute approximate surface area is 74.9 Å².